The molecule has 3 rings (SSSR count). The zero-order valence-corrected chi connectivity index (χ0v) is 16.5. The summed E-state index contributed by atoms with van der Waals surface area (Å²) < 4.78 is 27.0. The van der Waals surface area contributed by atoms with Gasteiger partial charge in [0.15, 0.2) is 0 Å². The Hall–Kier alpha value is -2.71. The second kappa shape index (κ2) is 8.53. The Morgan fingerprint density at radius 2 is 1.75 bits per heavy atom. The highest BCUT2D eigenvalue weighted by Crippen LogP contribution is 2.22. The van der Waals surface area contributed by atoms with Gasteiger partial charge in [-0.05, 0) is 43.2 Å². The number of sulfonamides is 1. The van der Waals surface area contributed by atoms with Gasteiger partial charge in [-0.3, -0.25) is 9.59 Å². The van der Waals surface area contributed by atoms with Crippen LogP contribution in [0.4, 0.5) is 5.69 Å². The molecule has 1 heterocycles. The van der Waals surface area contributed by atoms with E-state index < -0.39 is 15.9 Å². The van der Waals surface area contributed by atoms with Gasteiger partial charge in [-0.1, -0.05) is 29.8 Å². The monoisotopic (exact) mass is 401 g/mol. The minimum atomic E-state index is -3.81. The third-order valence-electron chi connectivity index (χ3n) is 4.57. The van der Waals surface area contributed by atoms with Crippen LogP contribution in [0.15, 0.2) is 53.4 Å². The third-order valence-corrected chi connectivity index (χ3v) is 5.98. The van der Waals surface area contributed by atoms with Crippen LogP contribution in [-0.4, -0.2) is 33.3 Å². The molecule has 1 saturated heterocycles. The lowest BCUT2D eigenvalue weighted by molar-refractivity contribution is -0.120. The number of nitrogens with zero attached hydrogens (tertiary/aromatic N) is 1. The Morgan fingerprint density at radius 3 is 2.36 bits per heavy atom. The van der Waals surface area contributed by atoms with Crippen molar-refractivity contribution in [3.63, 3.8) is 0 Å². The zero-order chi connectivity index (χ0) is 20.1. The lowest BCUT2D eigenvalue weighted by Gasteiger charge is -2.16. The molecule has 0 spiro atoms. The number of amides is 2. The summed E-state index contributed by atoms with van der Waals surface area (Å²) in [7, 11) is -3.81. The minimum absolute atomic E-state index is 0.0407. The lowest BCUT2D eigenvalue weighted by Crippen LogP contribution is -2.36. The van der Waals surface area contributed by atoms with E-state index in [-0.39, 0.29) is 17.3 Å². The predicted octanol–water partition coefficient (Wildman–Crippen LogP) is 1.72. The van der Waals surface area contributed by atoms with Crippen LogP contribution in [0, 0.1) is 6.92 Å². The van der Waals surface area contributed by atoms with Crippen LogP contribution in [0.1, 0.15) is 24.0 Å². The van der Waals surface area contributed by atoms with Gasteiger partial charge >= 0.3 is 0 Å². The summed E-state index contributed by atoms with van der Waals surface area (Å²) in [6.45, 7) is 2.61. The molecule has 0 atom stereocenters. The fourth-order valence-electron chi connectivity index (χ4n) is 2.94. The van der Waals surface area contributed by atoms with Crippen molar-refractivity contribution in [1.29, 1.82) is 0 Å². The quantitative estimate of drug-likeness (QED) is 0.738. The number of carbonyl (C=O) groups is 2. The van der Waals surface area contributed by atoms with E-state index in [1.165, 1.54) is 12.1 Å². The first-order valence-electron chi connectivity index (χ1n) is 9.07. The number of carbonyl (C=O) groups excluding carboxylic acids is 2. The van der Waals surface area contributed by atoms with Crippen LogP contribution in [-0.2, 0) is 26.2 Å². The molecule has 8 heteroatoms. The number of rotatable bonds is 7. The summed E-state index contributed by atoms with van der Waals surface area (Å²) in [6, 6.07) is 13.8. The van der Waals surface area contributed by atoms with Crippen LogP contribution in [0.2, 0.25) is 0 Å². The van der Waals surface area contributed by atoms with Crippen molar-refractivity contribution >= 4 is 27.5 Å². The Kier molecular flexibility index (Phi) is 6.11. The van der Waals surface area contributed by atoms with Gasteiger partial charge in [0.25, 0.3) is 0 Å². The third kappa shape index (κ3) is 4.96. The van der Waals surface area contributed by atoms with E-state index in [0.717, 1.165) is 17.5 Å². The molecule has 1 aliphatic heterocycles. The number of nitrogens with one attached hydrogen (secondary N) is 2. The first kappa shape index (κ1) is 20.0. The van der Waals surface area contributed by atoms with Gasteiger partial charge in [0.2, 0.25) is 21.8 Å². The average Bonchev–Trinajstić information content (AvgIpc) is 3.12. The molecule has 1 aliphatic rings. The van der Waals surface area contributed by atoms with Crippen LogP contribution >= 0.6 is 0 Å². The summed E-state index contributed by atoms with van der Waals surface area (Å²) in [4.78, 5) is 25.4. The van der Waals surface area contributed by atoms with E-state index in [0.29, 0.717) is 25.2 Å². The highest BCUT2D eigenvalue weighted by molar-refractivity contribution is 7.89. The minimum Gasteiger partial charge on any atom is -0.351 e. The summed E-state index contributed by atoms with van der Waals surface area (Å²) in [5.41, 5.74) is 2.74. The molecule has 2 N–H and O–H groups in total. The fourth-order valence-corrected chi connectivity index (χ4v) is 3.92. The summed E-state index contributed by atoms with van der Waals surface area (Å²) >= 11 is 0. The van der Waals surface area contributed by atoms with E-state index >= 15 is 0 Å². The largest absolute Gasteiger partial charge is 0.351 e. The van der Waals surface area contributed by atoms with Crippen LogP contribution < -0.4 is 14.9 Å². The first-order valence-corrected chi connectivity index (χ1v) is 10.6. The van der Waals surface area contributed by atoms with E-state index in [1.54, 1.807) is 17.0 Å². The molecule has 0 bridgehead atoms. The Labute approximate surface area is 164 Å². The van der Waals surface area contributed by atoms with E-state index in [9.17, 15) is 18.0 Å². The lowest BCUT2D eigenvalue weighted by atomic mass is 10.1. The van der Waals surface area contributed by atoms with Crippen molar-refractivity contribution in [2.75, 3.05) is 18.0 Å². The molecule has 2 aromatic carbocycles. The first-order chi connectivity index (χ1) is 13.3. The highest BCUT2D eigenvalue weighted by atomic mass is 32.2. The Bertz CT molecular complexity index is 954. The number of benzene rings is 2. The van der Waals surface area contributed by atoms with Gasteiger partial charge in [-0.15, -0.1) is 0 Å². The fraction of sp³-hybridized carbons (Fsp3) is 0.300. The topological polar surface area (TPSA) is 95.6 Å². The normalized spacial score (nSPS) is 14.3. The molecule has 0 aromatic heterocycles. The van der Waals surface area contributed by atoms with Gasteiger partial charge in [-0.25, -0.2) is 13.1 Å². The van der Waals surface area contributed by atoms with E-state index in [2.05, 4.69) is 10.0 Å². The molecular formula is C20H23N3O4S. The van der Waals surface area contributed by atoms with Crippen molar-refractivity contribution in [3.8, 4) is 0 Å². The zero-order valence-electron chi connectivity index (χ0n) is 15.6. The molecule has 1 fully saturated rings. The molecule has 2 amide bonds. The number of aryl methyl sites for hydroxylation is 1. The summed E-state index contributed by atoms with van der Waals surface area (Å²) in [5.74, 6) is -0.373. The second-order valence-electron chi connectivity index (χ2n) is 6.73. The highest BCUT2D eigenvalue weighted by Gasteiger charge is 2.22. The maximum absolute atomic E-state index is 12.4. The smallest absolute Gasteiger partial charge is 0.241 e. The molecule has 0 saturated carbocycles. The van der Waals surface area contributed by atoms with Crippen molar-refractivity contribution < 1.29 is 18.0 Å². The summed E-state index contributed by atoms with van der Waals surface area (Å²) in [6.07, 6.45) is 1.32. The molecule has 28 heavy (non-hydrogen) atoms. The van der Waals surface area contributed by atoms with Crippen molar-refractivity contribution in [1.82, 2.24) is 10.0 Å². The predicted molar refractivity (Wildman–Crippen MR) is 106 cm³/mol. The second-order valence-corrected chi connectivity index (χ2v) is 8.50. The molecule has 2 aromatic rings. The van der Waals surface area contributed by atoms with Gasteiger partial charge in [0, 0.05) is 25.2 Å². The van der Waals surface area contributed by atoms with Crippen molar-refractivity contribution in [2.45, 2.75) is 31.2 Å². The van der Waals surface area contributed by atoms with Crippen molar-refractivity contribution in [2.24, 2.45) is 0 Å². The maximum Gasteiger partial charge on any atom is 0.241 e. The van der Waals surface area contributed by atoms with Gasteiger partial charge in [0.05, 0.1) is 11.4 Å². The molecule has 148 valence electrons. The van der Waals surface area contributed by atoms with Gasteiger partial charge in [-0.2, -0.15) is 0 Å². The maximum atomic E-state index is 12.4. The Balaban J connectivity index is 1.53. The van der Waals surface area contributed by atoms with E-state index in [4.69, 9.17) is 0 Å². The Morgan fingerprint density at radius 1 is 1.07 bits per heavy atom. The average molecular weight is 401 g/mol. The molecular weight excluding hydrogens is 378 g/mol. The van der Waals surface area contributed by atoms with Crippen LogP contribution in [0.3, 0.4) is 0 Å². The van der Waals surface area contributed by atoms with Crippen LogP contribution in [0.25, 0.3) is 0 Å². The molecule has 0 radical (unpaired) electrons. The van der Waals surface area contributed by atoms with E-state index in [1.807, 2.05) is 31.2 Å². The van der Waals surface area contributed by atoms with Crippen LogP contribution in [0.5, 0.6) is 0 Å². The summed E-state index contributed by atoms with van der Waals surface area (Å²) in [5, 5.41) is 2.68. The number of hydrogen-bond donors (Lipinski definition) is 2. The number of hydrogen-bond acceptors (Lipinski definition) is 4. The SMILES string of the molecule is Cc1ccc(CNC(=O)CNS(=O)(=O)c2ccc(N3CCCC3=O)cc2)cc1. The molecule has 7 nitrogen and oxygen atoms in total. The number of anilines is 1. The van der Waals surface area contributed by atoms with Gasteiger partial charge < -0.3 is 10.2 Å². The standard InChI is InChI=1S/C20H23N3O4S/c1-15-4-6-16(7-5-15)13-21-19(24)14-22-28(26,27)18-10-8-17(9-11-18)23-12-2-3-20(23)25/h4-11,22H,2-3,12-14H2,1H3,(H,21,24). The molecule has 0 unspecified atom stereocenters. The van der Waals surface area contributed by atoms with Crippen molar-refractivity contribution in [3.05, 3.63) is 59.7 Å². The van der Waals surface area contributed by atoms with Gasteiger partial charge in [0.1, 0.15) is 0 Å². The molecule has 0 aliphatic carbocycles.